The van der Waals surface area contributed by atoms with E-state index in [1.165, 1.54) is 6.20 Å². The quantitative estimate of drug-likeness (QED) is 0.939. The van der Waals surface area contributed by atoms with Gasteiger partial charge >= 0.3 is 6.18 Å². The van der Waals surface area contributed by atoms with Gasteiger partial charge in [0, 0.05) is 24.5 Å². The highest BCUT2D eigenvalue weighted by Gasteiger charge is 2.37. The molecule has 0 aliphatic carbocycles. The third-order valence-corrected chi connectivity index (χ3v) is 3.92. The fraction of sp³-hybridized carbons (Fsp3) is 0.467. The lowest BCUT2D eigenvalue weighted by molar-refractivity contribution is -0.136. The molecule has 23 heavy (non-hydrogen) atoms. The standard InChI is InChI=1S/C15H16F3N3O2/c1-9(20-14(2)7-23-8-14)10-5-11(15(16,17)18)13-19-4-3-12(22)21(13)6-10/h3-6,9,20H,7-8H2,1-2H3. The maximum atomic E-state index is 13.3. The second-order valence-electron chi connectivity index (χ2n) is 6.08. The highest BCUT2D eigenvalue weighted by atomic mass is 19.4. The van der Waals surface area contributed by atoms with E-state index in [2.05, 4.69) is 10.3 Å². The molecule has 2 aromatic rings. The summed E-state index contributed by atoms with van der Waals surface area (Å²) >= 11 is 0. The number of fused-ring (bicyclic) bond motifs is 1. The molecule has 1 aliphatic heterocycles. The van der Waals surface area contributed by atoms with Crippen molar-refractivity contribution in [2.24, 2.45) is 0 Å². The van der Waals surface area contributed by atoms with Crippen LogP contribution in [0.3, 0.4) is 0 Å². The zero-order valence-electron chi connectivity index (χ0n) is 12.6. The molecule has 1 fully saturated rings. The number of pyridine rings is 1. The van der Waals surface area contributed by atoms with Crippen molar-refractivity contribution in [3.8, 4) is 0 Å². The van der Waals surface area contributed by atoms with Crippen LogP contribution in [0.4, 0.5) is 13.2 Å². The minimum absolute atomic E-state index is 0.271. The van der Waals surface area contributed by atoms with Crippen LogP contribution in [0.25, 0.3) is 5.65 Å². The van der Waals surface area contributed by atoms with Crippen molar-refractivity contribution in [2.75, 3.05) is 13.2 Å². The molecule has 0 saturated carbocycles. The first-order valence-electron chi connectivity index (χ1n) is 7.14. The third-order valence-electron chi connectivity index (χ3n) is 3.92. The van der Waals surface area contributed by atoms with E-state index in [0.29, 0.717) is 18.8 Å². The first-order chi connectivity index (χ1) is 10.7. The number of nitrogens with one attached hydrogen (secondary N) is 1. The number of nitrogens with zero attached hydrogens (tertiary/aromatic N) is 2. The lowest BCUT2D eigenvalue weighted by atomic mass is 9.97. The SMILES string of the molecule is CC(NC1(C)COC1)c1cc(C(F)(F)F)c2nccc(=O)n2c1. The normalized spacial score (nSPS) is 18.7. The molecule has 0 aromatic carbocycles. The summed E-state index contributed by atoms with van der Waals surface area (Å²) < 4.78 is 46.0. The number of hydrogen-bond acceptors (Lipinski definition) is 4. The Morgan fingerprint density at radius 1 is 1.43 bits per heavy atom. The van der Waals surface area contributed by atoms with E-state index in [-0.39, 0.29) is 17.2 Å². The van der Waals surface area contributed by atoms with Gasteiger partial charge in [0.05, 0.1) is 24.3 Å². The Hall–Kier alpha value is -1.93. The van der Waals surface area contributed by atoms with E-state index in [1.807, 2.05) is 6.92 Å². The fourth-order valence-electron chi connectivity index (χ4n) is 2.70. The van der Waals surface area contributed by atoms with Crippen LogP contribution >= 0.6 is 0 Å². The summed E-state index contributed by atoms with van der Waals surface area (Å²) in [6.07, 6.45) is -2.10. The average molecular weight is 327 g/mol. The second kappa shape index (κ2) is 5.31. The van der Waals surface area contributed by atoms with Crippen molar-refractivity contribution >= 4 is 5.65 Å². The largest absolute Gasteiger partial charge is 0.419 e. The van der Waals surface area contributed by atoms with Crippen LogP contribution in [-0.4, -0.2) is 28.1 Å². The molecule has 0 bridgehead atoms. The smallest absolute Gasteiger partial charge is 0.377 e. The Balaban J connectivity index is 2.10. The second-order valence-corrected chi connectivity index (χ2v) is 6.08. The monoisotopic (exact) mass is 327 g/mol. The van der Waals surface area contributed by atoms with Gasteiger partial charge in [-0.1, -0.05) is 0 Å². The lowest BCUT2D eigenvalue weighted by Gasteiger charge is -2.41. The molecule has 1 unspecified atom stereocenters. The Morgan fingerprint density at radius 2 is 2.13 bits per heavy atom. The van der Waals surface area contributed by atoms with Crippen LogP contribution in [-0.2, 0) is 10.9 Å². The molecule has 5 nitrogen and oxygen atoms in total. The lowest BCUT2D eigenvalue weighted by Crippen LogP contribution is -2.58. The molecule has 124 valence electrons. The molecule has 3 rings (SSSR count). The molecule has 0 spiro atoms. The number of aromatic nitrogens is 2. The van der Waals surface area contributed by atoms with E-state index in [0.717, 1.165) is 22.7 Å². The van der Waals surface area contributed by atoms with Gasteiger partial charge in [-0.3, -0.25) is 9.20 Å². The molecule has 0 radical (unpaired) electrons. The number of ether oxygens (including phenoxy) is 1. The number of rotatable bonds is 3. The van der Waals surface area contributed by atoms with Gasteiger partial charge < -0.3 is 10.1 Å². The maximum Gasteiger partial charge on any atom is 0.419 e. The van der Waals surface area contributed by atoms with E-state index in [4.69, 9.17) is 4.74 Å². The van der Waals surface area contributed by atoms with Gasteiger partial charge in [0.1, 0.15) is 0 Å². The van der Waals surface area contributed by atoms with Crippen LogP contribution in [0.15, 0.2) is 29.3 Å². The van der Waals surface area contributed by atoms with Gasteiger partial charge in [-0.05, 0) is 25.5 Å². The minimum Gasteiger partial charge on any atom is -0.377 e. The molecule has 8 heteroatoms. The number of halogens is 3. The van der Waals surface area contributed by atoms with Gasteiger partial charge in [0.15, 0.2) is 5.65 Å². The Kier molecular flexibility index (Phi) is 3.68. The molecule has 3 heterocycles. The predicted octanol–water partition coefficient (Wildman–Crippen LogP) is 2.15. The van der Waals surface area contributed by atoms with Gasteiger partial charge in [-0.15, -0.1) is 0 Å². The molecule has 2 aromatic heterocycles. The summed E-state index contributed by atoms with van der Waals surface area (Å²) in [6, 6.07) is 1.81. The summed E-state index contributed by atoms with van der Waals surface area (Å²) in [5.41, 5.74) is -1.76. The van der Waals surface area contributed by atoms with Gasteiger partial charge in [0.2, 0.25) is 0 Å². The summed E-state index contributed by atoms with van der Waals surface area (Å²) in [5.74, 6) is 0. The Labute approximate surface area is 130 Å². The van der Waals surface area contributed by atoms with Crippen LogP contribution in [0.5, 0.6) is 0 Å². The highest BCUT2D eigenvalue weighted by molar-refractivity contribution is 5.51. The topological polar surface area (TPSA) is 55.6 Å². The van der Waals surface area contributed by atoms with Crippen molar-refractivity contribution < 1.29 is 17.9 Å². The van der Waals surface area contributed by atoms with Gasteiger partial charge in [0.25, 0.3) is 5.56 Å². The molecular formula is C15H16F3N3O2. The number of hydrogen-bond donors (Lipinski definition) is 1. The molecule has 0 amide bonds. The predicted molar refractivity (Wildman–Crippen MR) is 77.2 cm³/mol. The molecule has 1 atom stereocenters. The van der Waals surface area contributed by atoms with Crippen molar-refractivity contribution in [1.82, 2.24) is 14.7 Å². The van der Waals surface area contributed by atoms with Crippen LogP contribution in [0.1, 0.15) is 31.0 Å². The fourth-order valence-corrected chi connectivity index (χ4v) is 2.70. The van der Waals surface area contributed by atoms with E-state index < -0.39 is 17.3 Å². The van der Waals surface area contributed by atoms with Crippen LogP contribution in [0.2, 0.25) is 0 Å². The van der Waals surface area contributed by atoms with Gasteiger partial charge in [-0.2, -0.15) is 13.2 Å². The van der Waals surface area contributed by atoms with E-state index >= 15 is 0 Å². The number of alkyl halides is 3. The van der Waals surface area contributed by atoms with Crippen LogP contribution in [0, 0.1) is 0 Å². The summed E-state index contributed by atoms with van der Waals surface area (Å²) in [7, 11) is 0. The van der Waals surface area contributed by atoms with E-state index in [1.54, 1.807) is 6.92 Å². The molecule has 1 saturated heterocycles. The highest BCUT2D eigenvalue weighted by Crippen LogP contribution is 2.33. The summed E-state index contributed by atoms with van der Waals surface area (Å²) in [5, 5.41) is 3.24. The molecular weight excluding hydrogens is 311 g/mol. The molecule has 1 aliphatic rings. The van der Waals surface area contributed by atoms with Crippen molar-refractivity contribution in [3.05, 3.63) is 46.0 Å². The Morgan fingerprint density at radius 3 is 2.70 bits per heavy atom. The first kappa shape index (κ1) is 15.9. The maximum absolute atomic E-state index is 13.3. The summed E-state index contributed by atoms with van der Waals surface area (Å²) in [4.78, 5) is 15.6. The van der Waals surface area contributed by atoms with Crippen molar-refractivity contribution in [1.29, 1.82) is 0 Å². The van der Waals surface area contributed by atoms with E-state index in [9.17, 15) is 18.0 Å². The van der Waals surface area contributed by atoms with Crippen molar-refractivity contribution in [2.45, 2.75) is 31.6 Å². The third kappa shape index (κ3) is 2.96. The average Bonchev–Trinajstić information content (AvgIpc) is 2.44. The minimum atomic E-state index is -4.59. The molecule has 1 N–H and O–H groups in total. The zero-order valence-corrected chi connectivity index (χ0v) is 12.6. The van der Waals surface area contributed by atoms with Crippen molar-refractivity contribution in [3.63, 3.8) is 0 Å². The van der Waals surface area contributed by atoms with Gasteiger partial charge in [-0.25, -0.2) is 4.98 Å². The zero-order chi connectivity index (χ0) is 16.8. The first-order valence-corrected chi connectivity index (χ1v) is 7.14. The van der Waals surface area contributed by atoms with Crippen LogP contribution < -0.4 is 10.9 Å². The summed E-state index contributed by atoms with van der Waals surface area (Å²) in [6.45, 7) is 4.69. The Bertz CT molecular complexity index is 797.